The summed E-state index contributed by atoms with van der Waals surface area (Å²) in [7, 11) is 0. The monoisotopic (exact) mass is 271 g/mol. The van der Waals surface area contributed by atoms with Crippen LogP contribution in [0.25, 0.3) is 0 Å². The summed E-state index contributed by atoms with van der Waals surface area (Å²) in [5, 5.41) is 0. The first kappa shape index (κ1) is 16.4. The lowest BCUT2D eigenvalue weighted by atomic mass is 10.1. The fourth-order valence-electron chi connectivity index (χ4n) is 2.27. The lowest BCUT2D eigenvalue weighted by Crippen LogP contribution is -2.49. The highest BCUT2D eigenvalue weighted by Crippen LogP contribution is 2.18. The lowest BCUT2D eigenvalue weighted by molar-refractivity contribution is -0.162. The highest BCUT2D eigenvalue weighted by molar-refractivity contribution is 5.75. The Morgan fingerprint density at radius 1 is 1.42 bits per heavy atom. The van der Waals surface area contributed by atoms with Crippen molar-refractivity contribution in [2.24, 2.45) is 0 Å². The largest absolute Gasteiger partial charge is 0.459 e. The Labute approximate surface area is 117 Å². The van der Waals surface area contributed by atoms with Crippen LogP contribution in [0, 0.1) is 0 Å². The van der Waals surface area contributed by atoms with Crippen molar-refractivity contribution >= 4 is 5.97 Å². The van der Waals surface area contributed by atoms with Crippen molar-refractivity contribution in [1.29, 1.82) is 0 Å². The summed E-state index contributed by atoms with van der Waals surface area (Å²) in [6.07, 6.45) is 3.48. The van der Waals surface area contributed by atoms with Gasteiger partial charge in [0.15, 0.2) is 0 Å². The van der Waals surface area contributed by atoms with E-state index in [0.29, 0.717) is 0 Å². The molecule has 1 saturated heterocycles. The van der Waals surface area contributed by atoms with Gasteiger partial charge in [-0.15, -0.1) is 0 Å². The Balaban J connectivity index is 2.47. The molecule has 0 spiro atoms. The molecule has 19 heavy (non-hydrogen) atoms. The first-order chi connectivity index (χ1) is 8.83. The molecule has 0 aromatic rings. The van der Waals surface area contributed by atoms with Crippen LogP contribution in [0.2, 0.25) is 0 Å². The van der Waals surface area contributed by atoms with Crippen LogP contribution in [-0.2, 0) is 14.3 Å². The van der Waals surface area contributed by atoms with Crippen molar-refractivity contribution in [3.05, 3.63) is 0 Å². The molecule has 2 atom stereocenters. The predicted octanol–water partition coefficient (Wildman–Crippen LogP) is 2.61. The molecule has 1 rings (SSSR count). The topological polar surface area (TPSA) is 38.8 Å². The molecule has 0 amide bonds. The van der Waals surface area contributed by atoms with E-state index < -0.39 is 5.60 Å². The zero-order valence-corrected chi connectivity index (χ0v) is 13.1. The van der Waals surface area contributed by atoms with Crippen LogP contribution in [0.1, 0.15) is 53.9 Å². The fraction of sp³-hybridized carbons (Fsp3) is 0.933. The lowest BCUT2D eigenvalue weighted by Gasteiger charge is -2.36. The van der Waals surface area contributed by atoms with Crippen LogP contribution in [0.4, 0.5) is 0 Å². The molecule has 0 bridgehead atoms. The van der Waals surface area contributed by atoms with Crippen molar-refractivity contribution in [2.45, 2.75) is 71.6 Å². The molecule has 1 aliphatic rings. The molecular weight excluding hydrogens is 242 g/mol. The molecule has 1 fully saturated rings. The second-order valence-corrected chi connectivity index (χ2v) is 6.34. The number of carbonyl (C=O) groups excluding carboxylic acids is 1. The quantitative estimate of drug-likeness (QED) is 0.721. The maximum atomic E-state index is 12.1. The molecule has 0 aromatic heterocycles. The number of piperidine rings is 1. The maximum Gasteiger partial charge on any atom is 0.323 e. The Bertz CT molecular complexity index is 286. The van der Waals surface area contributed by atoms with Gasteiger partial charge in [0, 0.05) is 13.2 Å². The van der Waals surface area contributed by atoms with E-state index in [0.717, 1.165) is 39.0 Å². The molecule has 1 aliphatic heterocycles. The van der Waals surface area contributed by atoms with Crippen LogP contribution >= 0.6 is 0 Å². The number of nitrogens with zero attached hydrogens (tertiary/aromatic N) is 1. The van der Waals surface area contributed by atoms with E-state index in [2.05, 4.69) is 11.8 Å². The molecule has 4 nitrogen and oxygen atoms in total. The summed E-state index contributed by atoms with van der Waals surface area (Å²) >= 11 is 0. The first-order valence-corrected chi connectivity index (χ1v) is 7.42. The van der Waals surface area contributed by atoms with Gasteiger partial charge in [-0.05, 0) is 53.5 Å². The second kappa shape index (κ2) is 7.25. The minimum Gasteiger partial charge on any atom is -0.459 e. The number of rotatable bonds is 5. The number of carbonyl (C=O) groups is 1. The highest BCUT2D eigenvalue weighted by atomic mass is 16.6. The van der Waals surface area contributed by atoms with Gasteiger partial charge in [0.05, 0.1) is 6.10 Å². The molecule has 112 valence electrons. The van der Waals surface area contributed by atoms with Gasteiger partial charge in [-0.2, -0.15) is 0 Å². The SMILES string of the molecule is CCCOC1CCCN(C(C)C(=O)OC(C)(C)C)C1. The van der Waals surface area contributed by atoms with Crippen molar-refractivity contribution in [1.82, 2.24) is 4.90 Å². The smallest absolute Gasteiger partial charge is 0.323 e. The summed E-state index contributed by atoms with van der Waals surface area (Å²) < 4.78 is 11.2. The molecule has 0 N–H and O–H groups in total. The second-order valence-electron chi connectivity index (χ2n) is 6.34. The minimum absolute atomic E-state index is 0.136. The fourth-order valence-corrected chi connectivity index (χ4v) is 2.27. The van der Waals surface area contributed by atoms with Crippen molar-refractivity contribution in [2.75, 3.05) is 19.7 Å². The van der Waals surface area contributed by atoms with Crippen LogP contribution < -0.4 is 0 Å². The van der Waals surface area contributed by atoms with Gasteiger partial charge in [0.1, 0.15) is 11.6 Å². The van der Waals surface area contributed by atoms with Crippen LogP contribution in [0.3, 0.4) is 0 Å². The van der Waals surface area contributed by atoms with Crippen LogP contribution in [0.15, 0.2) is 0 Å². The summed E-state index contributed by atoms with van der Waals surface area (Å²) in [4.78, 5) is 14.3. The summed E-state index contributed by atoms with van der Waals surface area (Å²) in [5.41, 5.74) is -0.417. The van der Waals surface area contributed by atoms with E-state index in [1.807, 2.05) is 27.7 Å². The Hall–Kier alpha value is -0.610. The summed E-state index contributed by atoms with van der Waals surface area (Å²) in [5.74, 6) is -0.136. The molecule has 4 heteroatoms. The van der Waals surface area contributed by atoms with Gasteiger partial charge in [-0.25, -0.2) is 0 Å². The van der Waals surface area contributed by atoms with Gasteiger partial charge in [0.25, 0.3) is 0 Å². The molecule has 0 aromatic carbocycles. The van der Waals surface area contributed by atoms with Gasteiger partial charge >= 0.3 is 5.97 Å². The van der Waals surface area contributed by atoms with E-state index in [-0.39, 0.29) is 18.1 Å². The first-order valence-electron chi connectivity index (χ1n) is 7.42. The average molecular weight is 271 g/mol. The van der Waals surface area contributed by atoms with Crippen molar-refractivity contribution < 1.29 is 14.3 Å². The Kier molecular flexibility index (Phi) is 6.27. The van der Waals surface area contributed by atoms with Crippen LogP contribution in [0.5, 0.6) is 0 Å². The zero-order chi connectivity index (χ0) is 14.5. The van der Waals surface area contributed by atoms with Gasteiger partial charge in [0.2, 0.25) is 0 Å². The van der Waals surface area contributed by atoms with Gasteiger partial charge in [-0.3, -0.25) is 9.69 Å². The molecular formula is C15H29NO3. The summed E-state index contributed by atoms with van der Waals surface area (Å²) in [6.45, 7) is 12.3. The highest BCUT2D eigenvalue weighted by Gasteiger charge is 2.30. The standard InChI is InChI=1S/C15H29NO3/c1-6-10-18-13-8-7-9-16(11-13)12(2)14(17)19-15(3,4)5/h12-13H,6-11H2,1-5H3. The third-order valence-electron chi connectivity index (χ3n) is 3.26. The Morgan fingerprint density at radius 3 is 2.68 bits per heavy atom. The number of esters is 1. The maximum absolute atomic E-state index is 12.1. The average Bonchev–Trinajstić information content (AvgIpc) is 2.33. The molecule has 0 aliphatic carbocycles. The van der Waals surface area contributed by atoms with Crippen molar-refractivity contribution in [3.63, 3.8) is 0 Å². The normalized spacial score (nSPS) is 23.1. The minimum atomic E-state index is -0.417. The van der Waals surface area contributed by atoms with Gasteiger partial charge in [-0.1, -0.05) is 6.92 Å². The van der Waals surface area contributed by atoms with E-state index in [4.69, 9.17) is 9.47 Å². The third-order valence-corrected chi connectivity index (χ3v) is 3.26. The van der Waals surface area contributed by atoms with E-state index >= 15 is 0 Å². The summed E-state index contributed by atoms with van der Waals surface area (Å²) in [6, 6.07) is -0.188. The number of ether oxygens (including phenoxy) is 2. The van der Waals surface area contributed by atoms with E-state index in [1.54, 1.807) is 0 Å². The number of hydrogen-bond acceptors (Lipinski definition) is 4. The zero-order valence-electron chi connectivity index (χ0n) is 13.1. The van der Waals surface area contributed by atoms with E-state index in [1.165, 1.54) is 0 Å². The molecule has 0 saturated carbocycles. The molecule has 1 heterocycles. The number of likely N-dealkylation sites (tertiary alicyclic amines) is 1. The Morgan fingerprint density at radius 2 is 2.11 bits per heavy atom. The van der Waals surface area contributed by atoms with Crippen molar-refractivity contribution in [3.8, 4) is 0 Å². The van der Waals surface area contributed by atoms with Crippen LogP contribution in [-0.4, -0.2) is 48.3 Å². The van der Waals surface area contributed by atoms with Gasteiger partial charge < -0.3 is 9.47 Å². The molecule has 0 radical (unpaired) electrons. The third kappa shape index (κ3) is 5.91. The predicted molar refractivity (Wildman–Crippen MR) is 76.1 cm³/mol. The number of hydrogen-bond donors (Lipinski definition) is 0. The molecule has 2 unspecified atom stereocenters. The van der Waals surface area contributed by atoms with E-state index in [9.17, 15) is 4.79 Å².